The van der Waals surface area contributed by atoms with E-state index in [2.05, 4.69) is 4.84 Å². The van der Waals surface area contributed by atoms with E-state index in [4.69, 9.17) is 0 Å². The summed E-state index contributed by atoms with van der Waals surface area (Å²) in [4.78, 5) is 14.9. The lowest BCUT2D eigenvalue weighted by Crippen LogP contribution is -2.47. The molecule has 0 aliphatic carbocycles. The maximum atomic E-state index is 12.3. The molecule has 0 bridgehead atoms. The van der Waals surface area contributed by atoms with E-state index < -0.39 is 23.9 Å². The Labute approximate surface area is 78.4 Å². The van der Waals surface area contributed by atoms with Crippen LogP contribution in [0.25, 0.3) is 0 Å². The summed E-state index contributed by atoms with van der Waals surface area (Å²) in [5, 5.41) is 0. The molecule has 0 rings (SSSR count). The number of carbonyl (C=O) groups is 1. The van der Waals surface area contributed by atoms with Crippen molar-refractivity contribution in [1.82, 2.24) is 5.48 Å². The van der Waals surface area contributed by atoms with Crippen LogP contribution in [0.15, 0.2) is 0 Å². The van der Waals surface area contributed by atoms with Crippen LogP contribution in [0.4, 0.5) is 17.6 Å². The van der Waals surface area contributed by atoms with Gasteiger partial charge in [-0.05, 0) is 20.8 Å². The highest BCUT2D eigenvalue weighted by molar-refractivity contribution is 5.82. The van der Waals surface area contributed by atoms with Gasteiger partial charge in [0.05, 0.1) is 5.60 Å². The molecular formula is C7H11F4NO2. The fourth-order valence-electron chi connectivity index (χ4n) is 0.367. The van der Waals surface area contributed by atoms with Crippen LogP contribution in [-0.4, -0.2) is 23.9 Å². The van der Waals surface area contributed by atoms with Crippen molar-refractivity contribution in [2.75, 3.05) is 0 Å². The number of hydrogen-bond donors (Lipinski definition) is 1. The fraction of sp³-hybridized carbons (Fsp3) is 0.857. The van der Waals surface area contributed by atoms with E-state index >= 15 is 0 Å². The number of carbonyl (C=O) groups excluding carboxylic acids is 1. The average Bonchev–Trinajstić information content (AvgIpc) is 1.98. The van der Waals surface area contributed by atoms with Gasteiger partial charge in [-0.3, -0.25) is 9.63 Å². The van der Waals surface area contributed by atoms with Gasteiger partial charge in [0.1, 0.15) is 0 Å². The summed E-state index contributed by atoms with van der Waals surface area (Å²) in [6.45, 7) is 4.40. The second kappa shape index (κ2) is 4.12. The van der Waals surface area contributed by atoms with Crippen molar-refractivity contribution in [2.24, 2.45) is 0 Å². The van der Waals surface area contributed by atoms with Crippen LogP contribution in [0.1, 0.15) is 20.8 Å². The monoisotopic (exact) mass is 217 g/mol. The molecule has 0 spiro atoms. The van der Waals surface area contributed by atoms with Crippen LogP contribution < -0.4 is 5.48 Å². The smallest absolute Gasteiger partial charge is 0.268 e. The van der Waals surface area contributed by atoms with Gasteiger partial charge < -0.3 is 0 Å². The predicted molar refractivity (Wildman–Crippen MR) is 39.9 cm³/mol. The third kappa shape index (κ3) is 3.91. The Balaban J connectivity index is 4.23. The first-order valence-electron chi connectivity index (χ1n) is 3.72. The van der Waals surface area contributed by atoms with Crippen LogP contribution in [0.2, 0.25) is 0 Å². The second-order valence-corrected chi connectivity index (χ2v) is 3.57. The van der Waals surface area contributed by atoms with Crippen molar-refractivity contribution in [3.63, 3.8) is 0 Å². The Bertz CT molecular complexity index is 212. The Morgan fingerprint density at radius 1 is 1.29 bits per heavy atom. The zero-order valence-corrected chi connectivity index (χ0v) is 7.91. The Morgan fingerprint density at radius 3 is 2.00 bits per heavy atom. The molecule has 1 amide bonds. The lowest BCUT2D eigenvalue weighted by atomic mass is 10.2. The van der Waals surface area contributed by atoms with Crippen LogP contribution >= 0.6 is 0 Å². The highest BCUT2D eigenvalue weighted by Gasteiger charge is 2.49. The average molecular weight is 217 g/mol. The molecule has 0 aliphatic heterocycles. The van der Waals surface area contributed by atoms with Gasteiger partial charge in [0.25, 0.3) is 0 Å². The maximum Gasteiger partial charge on any atom is 0.385 e. The number of hydrogen-bond acceptors (Lipinski definition) is 2. The van der Waals surface area contributed by atoms with E-state index in [-0.39, 0.29) is 0 Å². The molecule has 7 heteroatoms. The predicted octanol–water partition coefficient (Wildman–Crippen LogP) is 1.73. The number of halogens is 4. The molecule has 1 N–H and O–H groups in total. The van der Waals surface area contributed by atoms with E-state index in [1.165, 1.54) is 26.3 Å². The number of rotatable bonds is 3. The number of alkyl halides is 4. The lowest BCUT2D eigenvalue weighted by molar-refractivity contribution is -0.189. The lowest BCUT2D eigenvalue weighted by Gasteiger charge is -2.21. The minimum Gasteiger partial charge on any atom is -0.268 e. The molecule has 0 radical (unpaired) electrons. The van der Waals surface area contributed by atoms with E-state index in [9.17, 15) is 22.4 Å². The standard InChI is InChI=1S/C7H11F4NO2/c1-6(2,3)14-12-5(13)7(10,11)4(8)9/h4H,1-3H3,(H,12,13). The second-order valence-electron chi connectivity index (χ2n) is 3.57. The molecule has 0 aromatic rings. The normalized spacial score (nSPS) is 13.1. The Morgan fingerprint density at radius 2 is 1.71 bits per heavy atom. The van der Waals surface area contributed by atoms with Crippen LogP contribution in [0.5, 0.6) is 0 Å². The zero-order chi connectivity index (χ0) is 11.6. The summed E-state index contributed by atoms with van der Waals surface area (Å²) in [6.07, 6.45) is -4.05. The largest absolute Gasteiger partial charge is 0.385 e. The van der Waals surface area contributed by atoms with Crippen LogP contribution in [-0.2, 0) is 9.63 Å². The van der Waals surface area contributed by atoms with Crippen LogP contribution in [0.3, 0.4) is 0 Å². The van der Waals surface area contributed by atoms with Gasteiger partial charge in [-0.15, -0.1) is 0 Å². The summed E-state index contributed by atoms with van der Waals surface area (Å²) >= 11 is 0. The number of amides is 1. The molecule has 0 aromatic carbocycles. The molecule has 0 unspecified atom stereocenters. The van der Waals surface area contributed by atoms with Gasteiger partial charge in [0, 0.05) is 0 Å². The van der Waals surface area contributed by atoms with E-state index in [1.807, 2.05) is 0 Å². The quantitative estimate of drug-likeness (QED) is 0.577. The first kappa shape index (κ1) is 13.2. The molecule has 0 fully saturated rings. The molecule has 84 valence electrons. The minimum absolute atomic E-state index is 0.923. The molecular weight excluding hydrogens is 206 g/mol. The Hall–Kier alpha value is -0.850. The zero-order valence-electron chi connectivity index (χ0n) is 7.91. The van der Waals surface area contributed by atoms with Crippen molar-refractivity contribution in [1.29, 1.82) is 0 Å². The molecule has 0 atom stereocenters. The van der Waals surface area contributed by atoms with Crippen LogP contribution in [0, 0.1) is 0 Å². The molecule has 14 heavy (non-hydrogen) atoms. The van der Waals surface area contributed by atoms with E-state index in [0.717, 1.165) is 0 Å². The van der Waals surface area contributed by atoms with Crippen molar-refractivity contribution in [3.05, 3.63) is 0 Å². The van der Waals surface area contributed by atoms with Gasteiger partial charge in [0.2, 0.25) is 0 Å². The summed E-state index contributed by atoms with van der Waals surface area (Å²) in [5.74, 6) is -6.88. The molecule has 0 aliphatic rings. The fourth-order valence-corrected chi connectivity index (χ4v) is 0.367. The third-order valence-electron chi connectivity index (χ3n) is 1.03. The number of nitrogens with one attached hydrogen (secondary N) is 1. The summed E-state index contributed by atoms with van der Waals surface area (Å²) < 4.78 is 47.8. The minimum atomic E-state index is -4.73. The highest BCUT2D eigenvalue weighted by atomic mass is 19.3. The molecule has 0 saturated carbocycles. The van der Waals surface area contributed by atoms with E-state index in [0.29, 0.717) is 0 Å². The summed E-state index contributed by atoms with van der Waals surface area (Å²) in [5.41, 5.74) is 0.353. The van der Waals surface area contributed by atoms with Gasteiger partial charge in [-0.25, -0.2) is 14.3 Å². The van der Waals surface area contributed by atoms with Gasteiger partial charge in [-0.1, -0.05) is 0 Å². The first-order chi connectivity index (χ1) is 6.07. The molecule has 0 heterocycles. The summed E-state index contributed by atoms with van der Waals surface area (Å²) in [7, 11) is 0. The molecule has 3 nitrogen and oxygen atoms in total. The van der Waals surface area contributed by atoms with E-state index in [1.54, 1.807) is 0 Å². The van der Waals surface area contributed by atoms with Gasteiger partial charge >= 0.3 is 18.3 Å². The number of hydroxylamine groups is 1. The maximum absolute atomic E-state index is 12.3. The van der Waals surface area contributed by atoms with Crippen molar-refractivity contribution >= 4 is 5.91 Å². The topological polar surface area (TPSA) is 38.3 Å². The highest BCUT2D eigenvalue weighted by Crippen LogP contribution is 2.23. The SMILES string of the molecule is CC(C)(C)ONC(=O)C(F)(F)C(F)F. The third-order valence-corrected chi connectivity index (χ3v) is 1.03. The molecule has 0 saturated heterocycles. The van der Waals surface area contributed by atoms with Gasteiger partial charge in [0.15, 0.2) is 0 Å². The van der Waals surface area contributed by atoms with Crippen molar-refractivity contribution < 1.29 is 27.2 Å². The first-order valence-corrected chi connectivity index (χ1v) is 3.72. The molecule has 0 aromatic heterocycles. The van der Waals surface area contributed by atoms with Crippen molar-refractivity contribution in [3.8, 4) is 0 Å². The Kier molecular flexibility index (Phi) is 3.87. The van der Waals surface area contributed by atoms with Crippen molar-refractivity contribution in [2.45, 2.75) is 38.7 Å². The summed E-state index contributed by atoms with van der Waals surface area (Å²) in [6, 6.07) is 0. The van der Waals surface area contributed by atoms with Gasteiger partial charge in [-0.2, -0.15) is 8.78 Å².